The molecule has 3 aromatic rings. The fourth-order valence-corrected chi connectivity index (χ4v) is 2.67. The number of halogens is 1. The Balaban J connectivity index is 1.97. The Morgan fingerprint density at radius 1 is 1.12 bits per heavy atom. The van der Waals surface area contributed by atoms with Gasteiger partial charge in [0.25, 0.3) is 0 Å². The van der Waals surface area contributed by atoms with Gasteiger partial charge in [-0.15, -0.1) is 0 Å². The molecule has 0 saturated carbocycles. The molecule has 0 aliphatic rings. The first kappa shape index (κ1) is 17.5. The molecule has 0 aliphatic carbocycles. The van der Waals surface area contributed by atoms with E-state index in [0.29, 0.717) is 27.7 Å². The van der Waals surface area contributed by atoms with Gasteiger partial charge in [0.05, 0.1) is 17.2 Å². The molecule has 2 aromatic carbocycles. The fraction of sp³-hybridized carbons (Fsp3) is 0.0476. The summed E-state index contributed by atoms with van der Waals surface area (Å²) in [6, 6.07) is 17.5. The summed E-state index contributed by atoms with van der Waals surface area (Å²) in [7, 11) is 0. The average Bonchev–Trinajstić information content (AvgIpc) is 3.09. The van der Waals surface area contributed by atoms with Crippen LogP contribution in [-0.4, -0.2) is 11.1 Å². The van der Waals surface area contributed by atoms with Crippen molar-refractivity contribution >= 4 is 29.2 Å². The van der Waals surface area contributed by atoms with E-state index in [1.165, 1.54) is 0 Å². The highest BCUT2D eigenvalue weighted by atomic mass is 35.5. The molecule has 5 heteroatoms. The predicted octanol–water partition coefficient (Wildman–Crippen LogP) is 5.67. The summed E-state index contributed by atoms with van der Waals surface area (Å²) in [6.07, 6.45) is 1.64. The number of benzene rings is 2. The Morgan fingerprint density at radius 2 is 1.81 bits per heavy atom. The van der Waals surface area contributed by atoms with E-state index in [-0.39, 0.29) is 5.56 Å². The minimum atomic E-state index is -0.993. The Labute approximate surface area is 155 Å². The van der Waals surface area contributed by atoms with Crippen LogP contribution in [0.2, 0.25) is 5.02 Å². The van der Waals surface area contributed by atoms with Gasteiger partial charge in [0, 0.05) is 10.6 Å². The third-order valence-corrected chi connectivity index (χ3v) is 4.19. The van der Waals surface area contributed by atoms with Gasteiger partial charge in [0.2, 0.25) is 0 Å². The molecule has 1 N–H and O–H groups in total. The van der Waals surface area contributed by atoms with Crippen molar-refractivity contribution in [2.75, 3.05) is 0 Å². The van der Waals surface area contributed by atoms with E-state index < -0.39 is 5.97 Å². The summed E-state index contributed by atoms with van der Waals surface area (Å²) in [5.41, 5.74) is 2.98. The summed E-state index contributed by atoms with van der Waals surface area (Å²) >= 11 is 5.88. The van der Waals surface area contributed by atoms with Gasteiger partial charge in [-0.05, 0) is 60.5 Å². The number of hydrogen-bond acceptors (Lipinski definition) is 3. The van der Waals surface area contributed by atoms with E-state index in [2.05, 4.69) is 6.07 Å². The third kappa shape index (κ3) is 3.69. The van der Waals surface area contributed by atoms with Crippen molar-refractivity contribution in [3.63, 3.8) is 0 Å². The molecule has 0 spiro atoms. The number of carboxylic acid groups (broad SMARTS) is 1. The maximum absolute atomic E-state index is 11.2. The predicted molar refractivity (Wildman–Crippen MR) is 101 cm³/mol. The summed E-state index contributed by atoms with van der Waals surface area (Å²) in [4.78, 5) is 11.2. The zero-order valence-corrected chi connectivity index (χ0v) is 14.6. The molecule has 0 radical (unpaired) electrons. The van der Waals surface area contributed by atoms with Crippen molar-refractivity contribution in [3.8, 4) is 17.4 Å². The normalized spacial score (nSPS) is 11.2. The minimum Gasteiger partial charge on any atom is -0.478 e. The zero-order chi connectivity index (χ0) is 18.7. The lowest BCUT2D eigenvalue weighted by molar-refractivity contribution is 0.0697. The first-order valence-electron chi connectivity index (χ1n) is 7.80. The largest absolute Gasteiger partial charge is 0.478 e. The molecule has 0 atom stereocenters. The van der Waals surface area contributed by atoms with Crippen LogP contribution < -0.4 is 0 Å². The van der Waals surface area contributed by atoms with Crippen molar-refractivity contribution in [1.29, 1.82) is 5.26 Å². The van der Waals surface area contributed by atoms with Gasteiger partial charge in [-0.25, -0.2) is 4.79 Å². The third-order valence-electron chi connectivity index (χ3n) is 3.94. The Kier molecular flexibility index (Phi) is 4.92. The highest BCUT2D eigenvalue weighted by Crippen LogP contribution is 2.28. The molecule has 1 heterocycles. The van der Waals surface area contributed by atoms with E-state index in [9.17, 15) is 10.1 Å². The smallest absolute Gasteiger partial charge is 0.335 e. The number of carbonyl (C=O) groups is 1. The molecule has 1 aromatic heterocycles. The van der Waals surface area contributed by atoms with Crippen LogP contribution in [0, 0.1) is 18.3 Å². The van der Waals surface area contributed by atoms with E-state index in [1.807, 2.05) is 6.92 Å². The molecule has 128 valence electrons. The Bertz CT molecular complexity index is 1040. The highest BCUT2D eigenvalue weighted by molar-refractivity contribution is 6.30. The van der Waals surface area contributed by atoms with Crippen LogP contribution in [0.15, 0.2) is 59.0 Å². The lowest BCUT2D eigenvalue weighted by Gasteiger charge is -2.04. The van der Waals surface area contributed by atoms with Crippen molar-refractivity contribution in [3.05, 3.63) is 82.1 Å². The van der Waals surface area contributed by atoms with Gasteiger partial charge in [-0.3, -0.25) is 0 Å². The van der Waals surface area contributed by atoms with Crippen molar-refractivity contribution < 1.29 is 14.3 Å². The quantitative estimate of drug-likeness (QED) is 0.606. The van der Waals surface area contributed by atoms with Crippen LogP contribution in [0.5, 0.6) is 0 Å². The Hall–Kier alpha value is -3.29. The number of hydrogen-bond donors (Lipinski definition) is 1. The molecule has 0 saturated heterocycles. The maximum Gasteiger partial charge on any atom is 0.335 e. The lowest BCUT2D eigenvalue weighted by atomic mass is 10.0. The second-order valence-electron chi connectivity index (χ2n) is 5.71. The summed E-state index contributed by atoms with van der Waals surface area (Å²) < 4.78 is 5.82. The number of aryl methyl sites for hydroxylation is 1. The van der Waals surface area contributed by atoms with Crippen molar-refractivity contribution in [2.45, 2.75) is 6.92 Å². The molecule has 26 heavy (non-hydrogen) atoms. The van der Waals surface area contributed by atoms with Crippen molar-refractivity contribution in [2.24, 2.45) is 0 Å². The van der Waals surface area contributed by atoms with Crippen LogP contribution in [-0.2, 0) is 0 Å². The minimum absolute atomic E-state index is 0.193. The second-order valence-corrected chi connectivity index (χ2v) is 6.15. The molecule has 4 nitrogen and oxygen atoms in total. The highest BCUT2D eigenvalue weighted by Gasteiger charge is 2.11. The van der Waals surface area contributed by atoms with E-state index in [1.54, 1.807) is 60.7 Å². The number of rotatable bonds is 4. The number of aromatic carboxylic acids is 1. The average molecular weight is 364 g/mol. The molecule has 0 amide bonds. The molecule has 0 aliphatic heterocycles. The Morgan fingerprint density at radius 3 is 2.46 bits per heavy atom. The fourth-order valence-electron chi connectivity index (χ4n) is 2.55. The standard InChI is InChI=1S/C21H14ClNO3/c1-13-2-3-15(21(24)25)11-19(13)20-9-8-18(26-20)10-16(12-23)14-4-6-17(22)7-5-14/h2-11H,1H3,(H,24,25)/b16-10-. The molecule has 0 unspecified atom stereocenters. The number of carboxylic acids is 1. The van der Waals surface area contributed by atoms with Gasteiger partial charge in [-0.1, -0.05) is 29.8 Å². The monoisotopic (exact) mass is 363 g/mol. The van der Waals surface area contributed by atoms with Gasteiger partial charge in [0.1, 0.15) is 11.5 Å². The SMILES string of the molecule is Cc1ccc(C(=O)O)cc1-c1ccc(/C=C(/C#N)c2ccc(Cl)cc2)o1. The molecular formula is C21H14ClNO3. The van der Waals surface area contributed by atoms with Crippen LogP contribution in [0.1, 0.15) is 27.2 Å². The molecule has 0 fully saturated rings. The first-order valence-corrected chi connectivity index (χ1v) is 8.17. The van der Waals surface area contributed by atoms with E-state index >= 15 is 0 Å². The summed E-state index contributed by atoms with van der Waals surface area (Å²) in [5.74, 6) is 0.0595. The first-order chi connectivity index (χ1) is 12.5. The van der Waals surface area contributed by atoms with E-state index in [0.717, 1.165) is 11.1 Å². The molecular weight excluding hydrogens is 350 g/mol. The topological polar surface area (TPSA) is 74.2 Å². The van der Waals surface area contributed by atoms with Gasteiger partial charge in [-0.2, -0.15) is 5.26 Å². The molecule has 0 bridgehead atoms. The van der Waals surface area contributed by atoms with Gasteiger partial charge >= 0.3 is 5.97 Å². The second kappa shape index (κ2) is 7.30. The lowest BCUT2D eigenvalue weighted by Crippen LogP contribution is -1.96. The number of nitriles is 1. The maximum atomic E-state index is 11.2. The van der Waals surface area contributed by atoms with Crippen LogP contribution in [0.4, 0.5) is 0 Å². The summed E-state index contributed by atoms with van der Waals surface area (Å²) in [5, 5.41) is 19.2. The summed E-state index contributed by atoms with van der Waals surface area (Å²) in [6.45, 7) is 1.88. The number of nitrogens with zero attached hydrogens (tertiary/aromatic N) is 1. The van der Waals surface area contributed by atoms with E-state index in [4.69, 9.17) is 21.1 Å². The molecule has 3 rings (SSSR count). The van der Waals surface area contributed by atoms with Gasteiger partial charge in [0.15, 0.2) is 0 Å². The van der Waals surface area contributed by atoms with Crippen LogP contribution in [0.3, 0.4) is 0 Å². The van der Waals surface area contributed by atoms with Crippen LogP contribution >= 0.6 is 11.6 Å². The zero-order valence-electron chi connectivity index (χ0n) is 13.9. The van der Waals surface area contributed by atoms with Crippen LogP contribution in [0.25, 0.3) is 23.0 Å². The number of allylic oxidation sites excluding steroid dienone is 1. The van der Waals surface area contributed by atoms with Gasteiger partial charge < -0.3 is 9.52 Å². The van der Waals surface area contributed by atoms with Crippen molar-refractivity contribution in [1.82, 2.24) is 0 Å². The number of furan rings is 1.